The largest absolute Gasteiger partial charge is 0.456 e. The molecule has 276 valence electrons. The van der Waals surface area contributed by atoms with Crippen LogP contribution in [-0.2, 0) is 0 Å². The summed E-state index contributed by atoms with van der Waals surface area (Å²) in [4.78, 5) is 2.42. The number of furan rings is 1. The molecule has 3 nitrogen and oxygen atoms in total. The second-order valence-electron chi connectivity index (χ2n) is 15.3. The van der Waals surface area contributed by atoms with Gasteiger partial charge in [-0.15, -0.1) is 0 Å². The number of hydrogen-bond donors (Lipinski definition) is 0. The Morgan fingerprint density at radius 1 is 0.339 bits per heavy atom. The van der Waals surface area contributed by atoms with Gasteiger partial charge in [0.15, 0.2) is 0 Å². The summed E-state index contributed by atoms with van der Waals surface area (Å²) in [6.07, 6.45) is 0. The van der Waals surface area contributed by atoms with E-state index in [2.05, 4.69) is 228 Å². The number of nitrogens with zero attached hydrogens (tertiary/aromatic N) is 2. The van der Waals surface area contributed by atoms with Gasteiger partial charge in [0.2, 0.25) is 0 Å². The summed E-state index contributed by atoms with van der Waals surface area (Å²) >= 11 is 0. The van der Waals surface area contributed by atoms with Gasteiger partial charge < -0.3 is 13.9 Å². The van der Waals surface area contributed by atoms with Crippen molar-refractivity contribution >= 4 is 82.4 Å². The molecule has 0 aliphatic rings. The molecule has 12 aromatic rings. The predicted molar refractivity (Wildman–Crippen MR) is 249 cm³/mol. The van der Waals surface area contributed by atoms with Crippen LogP contribution in [0.4, 0.5) is 17.1 Å². The van der Waals surface area contributed by atoms with E-state index in [0.29, 0.717) is 0 Å². The molecule has 0 aliphatic heterocycles. The van der Waals surface area contributed by atoms with Crippen LogP contribution in [0.1, 0.15) is 0 Å². The molecule has 0 radical (unpaired) electrons. The Balaban J connectivity index is 1.02. The molecule has 2 heterocycles. The van der Waals surface area contributed by atoms with Crippen LogP contribution in [0.15, 0.2) is 223 Å². The summed E-state index contributed by atoms with van der Waals surface area (Å²) in [7, 11) is 0. The molecule has 59 heavy (non-hydrogen) atoms. The SMILES string of the molecule is c1ccc(N(c2ccc(-c3ccccc3-n3c4ccccc4c4ccccc43)cc2)c2cccc3ccccc23)c(-c2ccc3oc4cc5ccccc5cc4c3c2)c1. The highest BCUT2D eigenvalue weighted by Crippen LogP contribution is 2.45. The Morgan fingerprint density at radius 2 is 0.898 bits per heavy atom. The van der Waals surface area contributed by atoms with Crippen molar-refractivity contribution in [1.29, 1.82) is 0 Å². The van der Waals surface area contributed by atoms with E-state index in [9.17, 15) is 0 Å². The highest BCUT2D eigenvalue weighted by Gasteiger charge is 2.21. The van der Waals surface area contributed by atoms with Crippen LogP contribution < -0.4 is 4.90 Å². The van der Waals surface area contributed by atoms with Crippen LogP contribution >= 0.6 is 0 Å². The standard InChI is InChI=1S/C56H36N2O/c1-2-16-40-36-56-49(34-39(40)15-1)48-35-41(30-33-55(48)59-56)45-20-6-9-23-50(45)57(51-27-13-17-37-14-3-4-18-43(37)51)42-31-28-38(29-32-42)44-19-5-10-24-52(44)58-53-25-11-7-21-46(53)47-22-8-12-26-54(47)58/h1-36H. The van der Waals surface area contributed by atoms with Crippen molar-refractivity contribution in [1.82, 2.24) is 4.57 Å². The lowest BCUT2D eigenvalue weighted by molar-refractivity contribution is 0.669. The van der Waals surface area contributed by atoms with Crippen molar-refractivity contribution < 1.29 is 4.42 Å². The van der Waals surface area contributed by atoms with E-state index in [1.54, 1.807) is 0 Å². The average molecular weight is 753 g/mol. The Hall–Kier alpha value is -7.88. The van der Waals surface area contributed by atoms with E-state index in [1.807, 2.05) is 0 Å². The molecule has 0 bridgehead atoms. The van der Waals surface area contributed by atoms with Gasteiger partial charge in [-0.2, -0.15) is 0 Å². The van der Waals surface area contributed by atoms with Crippen molar-refractivity contribution in [2.24, 2.45) is 0 Å². The third kappa shape index (κ3) is 5.36. The Bertz CT molecular complexity index is 3510. The molecule has 2 aromatic heterocycles. The molecular weight excluding hydrogens is 717 g/mol. The first-order valence-electron chi connectivity index (χ1n) is 20.2. The number of benzene rings is 10. The Kier molecular flexibility index (Phi) is 7.54. The number of hydrogen-bond acceptors (Lipinski definition) is 2. The molecular formula is C56H36N2O. The second kappa shape index (κ2) is 13.4. The molecule has 0 atom stereocenters. The molecule has 10 aromatic carbocycles. The zero-order chi connectivity index (χ0) is 38.9. The lowest BCUT2D eigenvalue weighted by Crippen LogP contribution is -2.11. The topological polar surface area (TPSA) is 21.3 Å². The molecule has 0 saturated heterocycles. The molecule has 0 fully saturated rings. The van der Waals surface area contributed by atoms with Gasteiger partial charge in [-0.1, -0.05) is 152 Å². The maximum atomic E-state index is 6.43. The molecule has 0 unspecified atom stereocenters. The molecule has 0 N–H and O–H groups in total. The summed E-state index contributed by atoms with van der Waals surface area (Å²) in [5.74, 6) is 0. The van der Waals surface area contributed by atoms with Crippen molar-refractivity contribution in [3.8, 4) is 27.9 Å². The lowest BCUT2D eigenvalue weighted by Gasteiger charge is -2.29. The summed E-state index contributed by atoms with van der Waals surface area (Å²) in [6, 6.07) is 78.8. The minimum Gasteiger partial charge on any atom is -0.456 e. The maximum absolute atomic E-state index is 6.43. The van der Waals surface area contributed by atoms with E-state index < -0.39 is 0 Å². The van der Waals surface area contributed by atoms with Gasteiger partial charge in [0.25, 0.3) is 0 Å². The minimum atomic E-state index is 0.888. The zero-order valence-electron chi connectivity index (χ0n) is 32.1. The fraction of sp³-hybridized carbons (Fsp3) is 0. The van der Waals surface area contributed by atoms with E-state index in [1.165, 1.54) is 48.9 Å². The smallest absolute Gasteiger partial charge is 0.136 e. The fourth-order valence-electron chi connectivity index (χ4n) is 9.24. The van der Waals surface area contributed by atoms with E-state index in [4.69, 9.17) is 4.42 Å². The maximum Gasteiger partial charge on any atom is 0.136 e. The summed E-state index contributed by atoms with van der Waals surface area (Å²) in [5.41, 5.74) is 13.2. The van der Waals surface area contributed by atoms with Crippen LogP contribution in [0.25, 0.3) is 93.2 Å². The number of fused-ring (bicyclic) bond motifs is 8. The van der Waals surface area contributed by atoms with Gasteiger partial charge in [0.05, 0.1) is 28.1 Å². The molecule has 0 aliphatic carbocycles. The fourth-order valence-corrected chi connectivity index (χ4v) is 9.24. The van der Waals surface area contributed by atoms with Crippen molar-refractivity contribution in [2.75, 3.05) is 4.90 Å². The first-order chi connectivity index (χ1) is 29.3. The molecule has 12 rings (SSSR count). The molecule has 0 saturated carbocycles. The van der Waals surface area contributed by atoms with Crippen molar-refractivity contribution in [2.45, 2.75) is 0 Å². The Morgan fingerprint density at radius 3 is 1.68 bits per heavy atom. The average Bonchev–Trinajstić information content (AvgIpc) is 3.83. The van der Waals surface area contributed by atoms with E-state index in [-0.39, 0.29) is 0 Å². The molecule has 0 spiro atoms. The number of aromatic nitrogens is 1. The minimum absolute atomic E-state index is 0.888. The van der Waals surface area contributed by atoms with Crippen LogP contribution in [0.5, 0.6) is 0 Å². The first kappa shape index (κ1) is 33.3. The number of rotatable bonds is 6. The summed E-state index contributed by atoms with van der Waals surface area (Å²) in [5, 5.41) is 9.52. The summed E-state index contributed by atoms with van der Waals surface area (Å²) in [6.45, 7) is 0. The van der Waals surface area contributed by atoms with Gasteiger partial charge in [-0.05, 0) is 94.0 Å². The number of anilines is 3. The Labute approximate surface area is 341 Å². The molecule has 0 amide bonds. The van der Waals surface area contributed by atoms with Gasteiger partial charge >= 0.3 is 0 Å². The number of para-hydroxylation sites is 4. The summed E-state index contributed by atoms with van der Waals surface area (Å²) < 4.78 is 8.84. The third-order valence-corrected chi connectivity index (χ3v) is 12.0. The lowest BCUT2D eigenvalue weighted by atomic mass is 9.98. The van der Waals surface area contributed by atoms with Crippen LogP contribution in [0.2, 0.25) is 0 Å². The second-order valence-corrected chi connectivity index (χ2v) is 15.3. The third-order valence-electron chi connectivity index (χ3n) is 12.0. The van der Waals surface area contributed by atoms with Crippen LogP contribution in [-0.4, -0.2) is 4.57 Å². The highest BCUT2D eigenvalue weighted by atomic mass is 16.3. The van der Waals surface area contributed by atoms with Gasteiger partial charge in [-0.3, -0.25) is 0 Å². The van der Waals surface area contributed by atoms with Gasteiger partial charge in [0, 0.05) is 43.7 Å². The van der Waals surface area contributed by atoms with Crippen LogP contribution in [0, 0.1) is 0 Å². The van der Waals surface area contributed by atoms with Gasteiger partial charge in [0.1, 0.15) is 11.2 Å². The van der Waals surface area contributed by atoms with Crippen LogP contribution in [0.3, 0.4) is 0 Å². The quantitative estimate of drug-likeness (QED) is 0.169. The van der Waals surface area contributed by atoms with Crippen molar-refractivity contribution in [3.05, 3.63) is 218 Å². The van der Waals surface area contributed by atoms with Gasteiger partial charge in [-0.25, -0.2) is 0 Å². The molecule has 3 heteroatoms. The zero-order valence-corrected chi connectivity index (χ0v) is 32.1. The highest BCUT2D eigenvalue weighted by molar-refractivity contribution is 6.12. The van der Waals surface area contributed by atoms with E-state index >= 15 is 0 Å². The first-order valence-corrected chi connectivity index (χ1v) is 20.2. The predicted octanol–water partition coefficient (Wildman–Crippen LogP) is 15.8. The van der Waals surface area contributed by atoms with Crippen molar-refractivity contribution in [3.63, 3.8) is 0 Å². The normalized spacial score (nSPS) is 11.7. The monoisotopic (exact) mass is 752 g/mol. The van der Waals surface area contributed by atoms with E-state index in [0.717, 1.165) is 61.4 Å².